The molecule has 3 aliphatic heterocycles. The third-order valence-corrected chi connectivity index (χ3v) is 19.0. The molecular weight excluding hydrogens is 1200 g/mol. The number of nitrogens with zero attached hydrogens (tertiary/aromatic N) is 3. The van der Waals surface area contributed by atoms with Gasteiger partial charge in [0.2, 0.25) is 17.7 Å². The minimum absolute atomic E-state index is 0.00851. The van der Waals surface area contributed by atoms with Crippen molar-refractivity contribution in [2.45, 2.75) is 191 Å². The Kier molecular flexibility index (Phi) is 46.1. The number of rotatable bonds is 56. The number of carbonyl (C=O) groups excluding carboxylic acids is 4. The van der Waals surface area contributed by atoms with Gasteiger partial charge in [-0.2, -0.15) is 0 Å². The maximum atomic E-state index is 13.7. The van der Waals surface area contributed by atoms with Gasteiger partial charge in [-0.3, -0.25) is 19.2 Å². The molecule has 0 spiro atoms. The Morgan fingerprint density at radius 1 is 0.387 bits per heavy atom. The van der Waals surface area contributed by atoms with Crippen LogP contribution in [0.4, 0.5) is 0 Å². The molecule has 3 amide bonds. The molecular formula is C68H126N6O19. The van der Waals surface area contributed by atoms with Crippen molar-refractivity contribution in [3.63, 3.8) is 0 Å². The summed E-state index contributed by atoms with van der Waals surface area (Å²) in [5.41, 5.74) is 7.66. The second-order valence-corrected chi connectivity index (χ2v) is 25.8. The van der Waals surface area contributed by atoms with E-state index in [0.29, 0.717) is 198 Å². The van der Waals surface area contributed by atoms with E-state index in [1.165, 1.54) is 0 Å². The Balaban J connectivity index is 1.45. The number of unbranched alkanes of at least 4 members (excludes halogenated alkanes) is 2. The van der Waals surface area contributed by atoms with Crippen molar-refractivity contribution in [1.29, 1.82) is 0 Å². The summed E-state index contributed by atoms with van der Waals surface area (Å²) < 4.78 is 89.4. The molecule has 25 heteroatoms. The lowest BCUT2D eigenvalue weighted by Crippen LogP contribution is -2.45. The SMILES string of the molecule is CCC1O[C@H](OCCOCCOCCNC(=O)CCOCC(COCCC(=O)NCCOCCOCCO[C@H]2OC(CC)[C@@H](C)[C@H](C)C2C)(COCCC(=O)NCCOCCOCCO[C@H]2OC(CC)[C@@H](C)[C@H](C)C2C)CC(=O)CCCCCN=[N+]=[N-])C(C)[C@@H](C)[C@@H]1C. The van der Waals surface area contributed by atoms with E-state index in [2.05, 4.69) is 109 Å². The van der Waals surface area contributed by atoms with Crippen molar-refractivity contribution in [2.24, 2.45) is 63.8 Å². The van der Waals surface area contributed by atoms with Crippen LogP contribution in [-0.2, 0) is 90.2 Å². The highest BCUT2D eigenvalue weighted by atomic mass is 16.7. The van der Waals surface area contributed by atoms with Gasteiger partial charge in [-0.25, -0.2) is 0 Å². The van der Waals surface area contributed by atoms with Gasteiger partial charge in [-0.05, 0) is 73.1 Å². The number of ether oxygens (including phenoxy) is 15. The largest absolute Gasteiger partial charge is 0.380 e. The van der Waals surface area contributed by atoms with E-state index in [-0.39, 0.29) is 132 Å². The van der Waals surface area contributed by atoms with Crippen molar-refractivity contribution >= 4 is 23.5 Å². The molecule has 6 unspecified atom stereocenters. The molecule has 0 aromatic heterocycles. The predicted octanol–water partition coefficient (Wildman–Crippen LogP) is 8.65. The van der Waals surface area contributed by atoms with Crippen molar-refractivity contribution in [3.05, 3.63) is 10.4 Å². The summed E-state index contributed by atoms with van der Waals surface area (Å²) in [5, 5.41) is 12.2. The number of Topliss-reactive ketones (excluding diaryl/α,β-unsaturated/α-hetero) is 1. The smallest absolute Gasteiger partial charge is 0.222 e. The van der Waals surface area contributed by atoms with Gasteiger partial charge in [0.15, 0.2) is 18.9 Å². The lowest BCUT2D eigenvalue weighted by atomic mass is 9.78. The third-order valence-electron chi connectivity index (χ3n) is 19.0. The van der Waals surface area contributed by atoms with E-state index in [4.69, 9.17) is 76.6 Å². The van der Waals surface area contributed by atoms with Crippen LogP contribution in [0.3, 0.4) is 0 Å². The minimum atomic E-state index is -1.04. The van der Waals surface area contributed by atoms with Crippen LogP contribution >= 0.6 is 0 Å². The fourth-order valence-corrected chi connectivity index (χ4v) is 12.0. The fourth-order valence-electron chi connectivity index (χ4n) is 12.0. The first-order chi connectivity index (χ1) is 44.9. The Morgan fingerprint density at radius 2 is 0.699 bits per heavy atom. The first-order valence-electron chi connectivity index (χ1n) is 35.3. The van der Waals surface area contributed by atoms with Gasteiger partial charge < -0.3 is 87.0 Å². The molecule has 0 radical (unpaired) electrons. The maximum absolute atomic E-state index is 13.7. The summed E-state index contributed by atoms with van der Waals surface area (Å²) in [6.45, 7) is 33.3. The summed E-state index contributed by atoms with van der Waals surface area (Å²) in [6, 6.07) is 0. The van der Waals surface area contributed by atoms with Crippen LogP contribution in [0.1, 0.15) is 154 Å². The Labute approximate surface area is 557 Å². The third kappa shape index (κ3) is 34.7. The number of hydrogen-bond donors (Lipinski definition) is 3. The average molecular weight is 1330 g/mol. The molecule has 3 aliphatic rings. The van der Waals surface area contributed by atoms with E-state index in [1.54, 1.807) is 0 Å². The van der Waals surface area contributed by atoms with Crippen LogP contribution in [0.5, 0.6) is 0 Å². The normalized spacial score (nSPS) is 27.1. The maximum Gasteiger partial charge on any atom is 0.222 e. The fraction of sp³-hybridized carbons (Fsp3) is 0.941. The quantitative estimate of drug-likeness (QED) is 0.0222. The molecule has 3 N–H and O–H groups in total. The lowest BCUT2D eigenvalue weighted by Gasteiger charge is -2.43. The monoisotopic (exact) mass is 1330 g/mol. The number of ketones is 1. The van der Waals surface area contributed by atoms with Gasteiger partial charge in [0, 0.05) is 86.4 Å². The molecule has 0 aromatic rings. The van der Waals surface area contributed by atoms with Gasteiger partial charge in [-0.1, -0.05) is 94.6 Å². The van der Waals surface area contributed by atoms with Crippen molar-refractivity contribution < 1.29 is 90.2 Å². The van der Waals surface area contributed by atoms with Gasteiger partial charge in [0.25, 0.3) is 0 Å². The van der Waals surface area contributed by atoms with E-state index in [1.807, 2.05) is 0 Å². The van der Waals surface area contributed by atoms with Gasteiger partial charge >= 0.3 is 0 Å². The van der Waals surface area contributed by atoms with Gasteiger partial charge in [-0.15, -0.1) is 0 Å². The zero-order valence-corrected chi connectivity index (χ0v) is 59.2. The highest BCUT2D eigenvalue weighted by Gasteiger charge is 2.41. The van der Waals surface area contributed by atoms with Gasteiger partial charge in [0.05, 0.1) is 157 Å². The summed E-state index contributed by atoms with van der Waals surface area (Å²) in [6.07, 6.45) is 4.99. The first-order valence-corrected chi connectivity index (χ1v) is 35.3. The molecule has 93 heavy (non-hydrogen) atoms. The van der Waals surface area contributed by atoms with Gasteiger partial charge in [0.1, 0.15) is 5.78 Å². The molecule has 3 fully saturated rings. The van der Waals surface area contributed by atoms with Crippen LogP contribution in [0, 0.1) is 58.7 Å². The van der Waals surface area contributed by atoms with Crippen LogP contribution in [-0.4, -0.2) is 226 Å². The Hall–Kier alpha value is -3.21. The molecule has 0 bridgehead atoms. The first kappa shape index (κ1) is 84.0. The highest BCUT2D eigenvalue weighted by Crippen LogP contribution is 2.39. The second kappa shape index (κ2) is 51.0. The highest BCUT2D eigenvalue weighted by molar-refractivity contribution is 5.79. The number of azide groups is 1. The number of nitrogens with one attached hydrogen (secondary N) is 3. The van der Waals surface area contributed by atoms with E-state index in [0.717, 1.165) is 19.3 Å². The summed E-state index contributed by atoms with van der Waals surface area (Å²) in [5.74, 6) is 3.05. The standard InChI is InChI=1S/C68H126N6O19/c1-13-59-52(7)49(4)55(10)65(91-59)88-42-39-82-36-33-79-30-24-70-62(76)20-27-85-46-68(45-58(75)19-17-16-18-23-73-74-69,47-86-28-21-63(77)71-25-31-80-34-37-83-40-43-89-66-56(11)50(5)53(8)60(14-2)92-66)48-87-29-22-64(78)72-26-32-81-35-38-84-41-44-90-67-57(12)51(6)54(9)61(15-3)93-67/h49-57,59-61,65-67H,13-48H2,1-12H3,(H,70,76)(H,71,77)(H,72,78)/t49-,50-,51-,52-,53-,54-,55?,56?,57?,59?,60?,61?,65-,66-,67-,68?/m0/s1. The zero-order chi connectivity index (χ0) is 68.1. The molecule has 25 nitrogen and oxygen atoms in total. The number of hydrogen-bond acceptors (Lipinski definition) is 20. The second-order valence-electron chi connectivity index (χ2n) is 25.8. The van der Waals surface area contributed by atoms with E-state index in [9.17, 15) is 19.2 Å². The van der Waals surface area contributed by atoms with Crippen molar-refractivity contribution in [3.8, 4) is 0 Å². The van der Waals surface area contributed by atoms with E-state index >= 15 is 0 Å². The lowest BCUT2D eigenvalue weighted by molar-refractivity contribution is -0.251. The van der Waals surface area contributed by atoms with Crippen molar-refractivity contribution in [2.75, 3.05) is 165 Å². The van der Waals surface area contributed by atoms with Crippen LogP contribution in [0.2, 0.25) is 0 Å². The van der Waals surface area contributed by atoms with Crippen LogP contribution in [0.15, 0.2) is 5.11 Å². The van der Waals surface area contributed by atoms with Crippen molar-refractivity contribution in [1.82, 2.24) is 16.0 Å². The number of carbonyl (C=O) groups is 4. The summed E-state index contributed by atoms with van der Waals surface area (Å²) in [7, 11) is 0. The average Bonchev–Trinajstić information content (AvgIpc) is 1.03. The van der Waals surface area contributed by atoms with Crippen LogP contribution in [0.25, 0.3) is 10.4 Å². The molecule has 15 atom stereocenters. The molecule has 0 aromatic carbocycles. The Morgan fingerprint density at radius 3 is 1.01 bits per heavy atom. The summed E-state index contributed by atoms with van der Waals surface area (Å²) >= 11 is 0. The zero-order valence-electron chi connectivity index (χ0n) is 59.2. The predicted molar refractivity (Wildman–Crippen MR) is 352 cm³/mol. The van der Waals surface area contributed by atoms with E-state index < -0.39 is 5.41 Å². The van der Waals surface area contributed by atoms with Crippen LogP contribution < -0.4 is 16.0 Å². The summed E-state index contributed by atoms with van der Waals surface area (Å²) in [4.78, 5) is 55.3. The molecule has 3 heterocycles. The molecule has 0 saturated carbocycles. The molecule has 0 aliphatic carbocycles. The minimum Gasteiger partial charge on any atom is -0.380 e. The molecule has 542 valence electrons. The number of amides is 3. The molecule has 3 rings (SSSR count). The topological polar surface area (TPSA) is 292 Å². The molecule has 3 saturated heterocycles. The Bertz CT molecular complexity index is 1830.